The molecule has 0 unspecified atom stereocenters. The fourth-order valence-corrected chi connectivity index (χ4v) is 4.06. The largest absolute Gasteiger partial charge is 0.481 e. The number of ether oxygens (including phenoxy) is 2. The number of esters is 2. The van der Waals surface area contributed by atoms with Gasteiger partial charge in [-0.25, -0.2) is 0 Å². The van der Waals surface area contributed by atoms with Crippen LogP contribution in [0.25, 0.3) is 0 Å². The van der Waals surface area contributed by atoms with E-state index in [-0.39, 0.29) is 36.9 Å². The normalized spacial score (nSPS) is 10.9. The third-order valence-electron chi connectivity index (χ3n) is 6.11. The van der Waals surface area contributed by atoms with E-state index >= 15 is 0 Å². The number of unbranched alkanes of at least 4 members (excludes halogenated alkanes) is 12. The second kappa shape index (κ2) is 28.0. The molecule has 220 valence electrons. The Kier molecular flexibility index (Phi) is 28.9. The van der Waals surface area contributed by atoms with Gasteiger partial charge in [0.25, 0.3) is 0 Å². The molecular formula is C29H54Cl2O6. The molecule has 8 heteroatoms. The minimum absolute atomic E-state index is 0.0766. The number of halogens is 2. The van der Waals surface area contributed by atoms with Gasteiger partial charge in [-0.3, -0.25) is 14.4 Å². The van der Waals surface area contributed by atoms with E-state index in [1.165, 1.54) is 44.9 Å². The van der Waals surface area contributed by atoms with Gasteiger partial charge in [0.1, 0.15) is 13.2 Å². The zero-order valence-electron chi connectivity index (χ0n) is 23.8. The third-order valence-corrected chi connectivity index (χ3v) is 7.24. The first-order chi connectivity index (χ1) is 17.8. The Morgan fingerprint density at radius 3 is 1.24 bits per heavy atom. The van der Waals surface area contributed by atoms with Gasteiger partial charge in [0, 0.05) is 31.0 Å². The molecule has 0 aliphatic carbocycles. The molecule has 0 aromatic carbocycles. The van der Waals surface area contributed by atoms with Crippen molar-refractivity contribution in [1.29, 1.82) is 0 Å². The van der Waals surface area contributed by atoms with Gasteiger partial charge in [-0.1, -0.05) is 97.8 Å². The summed E-state index contributed by atoms with van der Waals surface area (Å²) in [5, 5.41) is 8.41. The lowest BCUT2D eigenvalue weighted by Gasteiger charge is -2.28. The molecule has 0 rings (SSSR count). The summed E-state index contributed by atoms with van der Waals surface area (Å²) < 4.78 is 10.5. The molecule has 0 radical (unpaired) electrons. The summed E-state index contributed by atoms with van der Waals surface area (Å²) >= 11 is 12.0. The Morgan fingerprint density at radius 2 is 0.892 bits per heavy atom. The summed E-state index contributed by atoms with van der Waals surface area (Å²) in [6.07, 6.45) is 18.0. The molecule has 0 fully saturated rings. The molecule has 0 aliphatic heterocycles. The first-order valence-electron chi connectivity index (χ1n) is 14.5. The minimum atomic E-state index is -0.718. The molecule has 0 saturated heterocycles. The Balaban J connectivity index is 0. The van der Waals surface area contributed by atoms with Gasteiger partial charge in [0.2, 0.25) is 0 Å². The zero-order valence-corrected chi connectivity index (χ0v) is 25.3. The first kappa shape index (κ1) is 38.1. The summed E-state index contributed by atoms with van der Waals surface area (Å²) in [7, 11) is 0. The number of carbonyl (C=O) groups excluding carboxylic acids is 2. The molecule has 0 bridgehead atoms. The predicted molar refractivity (Wildman–Crippen MR) is 154 cm³/mol. The highest BCUT2D eigenvalue weighted by molar-refractivity contribution is 6.21. The summed E-state index contributed by atoms with van der Waals surface area (Å²) in [6, 6.07) is 0. The van der Waals surface area contributed by atoms with Crippen LogP contribution in [-0.2, 0) is 23.9 Å². The van der Waals surface area contributed by atoms with Crippen LogP contribution in [0.5, 0.6) is 0 Å². The monoisotopic (exact) mass is 568 g/mol. The van der Waals surface area contributed by atoms with Gasteiger partial charge >= 0.3 is 17.9 Å². The van der Waals surface area contributed by atoms with Crippen molar-refractivity contribution < 1.29 is 29.0 Å². The molecule has 0 heterocycles. The quantitative estimate of drug-likeness (QED) is 0.0710. The lowest BCUT2D eigenvalue weighted by molar-refractivity contribution is -0.152. The van der Waals surface area contributed by atoms with Crippen molar-refractivity contribution in [2.75, 3.05) is 25.0 Å². The van der Waals surface area contributed by atoms with Crippen molar-refractivity contribution in [3.05, 3.63) is 0 Å². The van der Waals surface area contributed by atoms with Crippen LogP contribution >= 0.6 is 23.2 Å². The van der Waals surface area contributed by atoms with Crippen LogP contribution in [0.15, 0.2) is 0 Å². The average molecular weight is 570 g/mol. The molecule has 0 amide bonds. The highest BCUT2D eigenvalue weighted by atomic mass is 35.5. The Bertz CT molecular complexity index is 525. The van der Waals surface area contributed by atoms with Gasteiger partial charge in [0.05, 0.1) is 5.41 Å². The van der Waals surface area contributed by atoms with Gasteiger partial charge in [-0.05, 0) is 19.3 Å². The Hall–Kier alpha value is -1.01. The van der Waals surface area contributed by atoms with E-state index in [0.717, 1.165) is 51.4 Å². The van der Waals surface area contributed by atoms with E-state index in [9.17, 15) is 14.4 Å². The summed E-state index contributed by atoms with van der Waals surface area (Å²) in [5.74, 6) is -0.838. The van der Waals surface area contributed by atoms with Crippen LogP contribution in [0.4, 0.5) is 0 Å². The van der Waals surface area contributed by atoms with Crippen LogP contribution in [0.1, 0.15) is 136 Å². The summed E-state index contributed by atoms with van der Waals surface area (Å²) in [5.41, 5.74) is -0.718. The van der Waals surface area contributed by atoms with E-state index in [1.54, 1.807) is 0 Å². The van der Waals surface area contributed by atoms with E-state index in [4.69, 9.17) is 37.8 Å². The fourth-order valence-electron chi connectivity index (χ4n) is 3.47. The predicted octanol–water partition coefficient (Wildman–Crippen LogP) is 8.69. The first-order valence-corrected chi connectivity index (χ1v) is 15.5. The van der Waals surface area contributed by atoms with Gasteiger partial charge < -0.3 is 14.6 Å². The summed E-state index contributed by atoms with van der Waals surface area (Å²) in [4.78, 5) is 33.6. The molecule has 0 spiro atoms. The average Bonchev–Trinajstić information content (AvgIpc) is 2.89. The molecule has 0 saturated carbocycles. The van der Waals surface area contributed by atoms with Gasteiger partial charge in [0.15, 0.2) is 0 Å². The van der Waals surface area contributed by atoms with Crippen LogP contribution in [-0.4, -0.2) is 48.0 Å². The number of carboxylic acid groups (broad SMARTS) is 1. The van der Waals surface area contributed by atoms with E-state index in [1.807, 2.05) is 0 Å². The standard InChI is InChI=1S/C17H30Cl2O4.C12H24O2/c1-3-5-7-9-15(20)22-13-17(11-18,12-19)14-23-16(21)10-8-6-4-2;1-2-3-4-5-6-7-8-9-10-11-12(13)14/h3-14H2,1-2H3;2-11H2,1H3,(H,13,14). The SMILES string of the molecule is CCCCCC(=O)OCC(CCl)(CCl)COC(=O)CCCCC.CCCCCCCCCCCC(=O)O. The maximum absolute atomic E-state index is 11.7. The van der Waals surface area contributed by atoms with Crippen molar-refractivity contribution in [2.24, 2.45) is 5.41 Å². The number of alkyl halides is 2. The lowest BCUT2D eigenvalue weighted by atomic mass is 9.95. The molecule has 0 aromatic heterocycles. The van der Waals surface area contributed by atoms with E-state index < -0.39 is 11.4 Å². The topological polar surface area (TPSA) is 89.9 Å². The number of hydrogen-bond donors (Lipinski definition) is 1. The van der Waals surface area contributed by atoms with Crippen LogP contribution in [0.3, 0.4) is 0 Å². The number of rotatable bonds is 24. The molecule has 1 N–H and O–H groups in total. The molecule has 0 atom stereocenters. The number of hydrogen-bond acceptors (Lipinski definition) is 5. The highest BCUT2D eigenvalue weighted by Crippen LogP contribution is 2.23. The van der Waals surface area contributed by atoms with E-state index in [0.29, 0.717) is 19.3 Å². The Labute approximate surface area is 236 Å². The zero-order chi connectivity index (χ0) is 28.2. The van der Waals surface area contributed by atoms with Crippen LogP contribution in [0.2, 0.25) is 0 Å². The van der Waals surface area contributed by atoms with Crippen molar-refractivity contribution in [1.82, 2.24) is 0 Å². The van der Waals surface area contributed by atoms with E-state index in [2.05, 4.69) is 20.8 Å². The Morgan fingerprint density at radius 1 is 0.568 bits per heavy atom. The van der Waals surface area contributed by atoms with Crippen LogP contribution in [0, 0.1) is 5.41 Å². The van der Waals surface area contributed by atoms with Crippen molar-refractivity contribution in [3.8, 4) is 0 Å². The molecule has 6 nitrogen and oxygen atoms in total. The number of carboxylic acids is 1. The van der Waals surface area contributed by atoms with Crippen molar-refractivity contribution >= 4 is 41.1 Å². The molecule has 0 aliphatic rings. The van der Waals surface area contributed by atoms with Crippen molar-refractivity contribution in [3.63, 3.8) is 0 Å². The highest BCUT2D eigenvalue weighted by Gasteiger charge is 2.32. The number of carbonyl (C=O) groups is 3. The van der Waals surface area contributed by atoms with Crippen LogP contribution < -0.4 is 0 Å². The second-order valence-electron chi connectivity index (χ2n) is 9.98. The maximum Gasteiger partial charge on any atom is 0.305 e. The fraction of sp³-hybridized carbons (Fsp3) is 0.897. The maximum atomic E-state index is 11.7. The minimum Gasteiger partial charge on any atom is -0.481 e. The van der Waals surface area contributed by atoms with Gasteiger partial charge in [-0.2, -0.15) is 0 Å². The molecule has 0 aromatic rings. The van der Waals surface area contributed by atoms with Crippen molar-refractivity contribution in [2.45, 2.75) is 136 Å². The molecule has 37 heavy (non-hydrogen) atoms. The molecular weight excluding hydrogens is 515 g/mol. The second-order valence-corrected chi connectivity index (χ2v) is 10.5. The van der Waals surface area contributed by atoms with Gasteiger partial charge in [-0.15, -0.1) is 23.2 Å². The summed E-state index contributed by atoms with van der Waals surface area (Å²) in [6.45, 7) is 6.53. The lowest BCUT2D eigenvalue weighted by Crippen LogP contribution is -2.38. The number of aliphatic carboxylic acids is 1. The smallest absolute Gasteiger partial charge is 0.305 e. The third kappa shape index (κ3) is 26.4.